The van der Waals surface area contributed by atoms with Crippen LogP contribution in [0.3, 0.4) is 0 Å². The molecule has 1 aromatic heterocycles. The summed E-state index contributed by atoms with van der Waals surface area (Å²) in [5, 5.41) is 12.5. The fraction of sp³-hybridized carbons (Fsp3) is 0.0833. The third-order valence-electron chi connectivity index (χ3n) is 2.27. The molecule has 0 bridgehead atoms. The van der Waals surface area contributed by atoms with E-state index in [9.17, 15) is 0 Å². The minimum atomic E-state index is 0.242. The number of anilines is 2. The lowest BCUT2D eigenvalue weighted by Gasteiger charge is -2.10. The van der Waals surface area contributed by atoms with Gasteiger partial charge in [0.1, 0.15) is 6.07 Å². The molecule has 0 aliphatic heterocycles. The summed E-state index contributed by atoms with van der Waals surface area (Å²) < 4.78 is 0. The Morgan fingerprint density at radius 1 is 1.29 bits per heavy atom. The zero-order chi connectivity index (χ0) is 12.3. The van der Waals surface area contributed by atoms with Crippen molar-refractivity contribution in [1.29, 1.82) is 5.26 Å². The fourth-order valence-corrected chi connectivity index (χ4v) is 1.69. The highest BCUT2D eigenvalue weighted by Gasteiger charge is 2.08. The van der Waals surface area contributed by atoms with E-state index in [1.54, 1.807) is 6.07 Å². The third-order valence-corrected chi connectivity index (χ3v) is 2.58. The Balaban J connectivity index is 2.42. The summed E-state index contributed by atoms with van der Waals surface area (Å²) in [6, 6.07) is 7.55. The van der Waals surface area contributed by atoms with Gasteiger partial charge < -0.3 is 5.32 Å². The molecule has 0 saturated heterocycles. The molecule has 84 valence electrons. The molecule has 0 spiro atoms. The number of benzene rings is 1. The normalized spacial score (nSPS) is 9.71. The number of nitrogens with zero attached hydrogens (tertiary/aromatic N) is 3. The van der Waals surface area contributed by atoms with Gasteiger partial charge in [0, 0.05) is 12.4 Å². The second-order valence-electron chi connectivity index (χ2n) is 3.42. The molecule has 1 aromatic carbocycles. The number of aryl methyl sites for hydroxylation is 1. The summed E-state index contributed by atoms with van der Waals surface area (Å²) in [5.41, 5.74) is 1.96. The molecule has 17 heavy (non-hydrogen) atoms. The van der Waals surface area contributed by atoms with Gasteiger partial charge in [0.15, 0.2) is 11.5 Å². The van der Waals surface area contributed by atoms with Crippen molar-refractivity contribution in [3.8, 4) is 6.07 Å². The summed E-state index contributed by atoms with van der Waals surface area (Å²) in [6.45, 7) is 1.93. The van der Waals surface area contributed by atoms with Crippen molar-refractivity contribution >= 4 is 23.1 Å². The maximum absolute atomic E-state index is 8.91. The van der Waals surface area contributed by atoms with E-state index in [1.165, 1.54) is 12.4 Å². The number of hydrogen-bond acceptors (Lipinski definition) is 4. The van der Waals surface area contributed by atoms with Gasteiger partial charge in [-0.15, -0.1) is 0 Å². The second-order valence-corrected chi connectivity index (χ2v) is 3.83. The van der Waals surface area contributed by atoms with Crippen molar-refractivity contribution in [3.05, 3.63) is 46.9 Å². The molecule has 0 amide bonds. The Kier molecular flexibility index (Phi) is 3.22. The number of hydrogen-bond donors (Lipinski definition) is 1. The van der Waals surface area contributed by atoms with Crippen molar-refractivity contribution in [2.24, 2.45) is 0 Å². The Labute approximate surface area is 104 Å². The van der Waals surface area contributed by atoms with Crippen LogP contribution in [0, 0.1) is 18.3 Å². The van der Waals surface area contributed by atoms with E-state index >= 15 is 0 Å². The van der Waals surface area contributed by atoms with E-state index in [4.69, 9.17) is 16.9 Å². The molecular formula is C12H9ClN4. The summed E-state index contributed by atoms with van der Waals surface area (Å²) in [5.74, 6) is 0.409. The zero-order valence-electron chi connectivity index (χ0n) is 9.11. The molecule has 0 aliphatic rings. The maximum atomic E-state index is 8.91. The lowest BCUT2D eigenvalue weighted by Crippen LogP contribution is -2.00. The zero-order valence-corrected chi connectivity index (χ0v) is 9.86. The first-order valence-electron chi connectivity index (χ1n) is 4.95. The van der Waals surface area contributed by atoms with Crippen LogP contribution in [0.2, 0.25) is 5.02 Å². The van der Waals surface area contributed by atoms with Gasteiger partial charge in [0.2, 0.25) is 0 Å². The van der Waals surface area contributed by atoms with Crippen LogP contribution in [-0.2, 0) is 0 Å². The van der Waals surface area contributed by atoms with Gasteiger partial charge in [-0.05, 0) is 18.6 Å². The number of nitriles is 1. The van der Waals surface area contributed by atoms with Gasteiger partial charge in [-0.3, -0.25) is 0 Å². The predicted molar refractivity (Wildman–Crippen MR) is 66.2 cm³/mol. The lowest BCUT2D eigenvalue weighted by atomic mass is 10.2. The Morgan fingerprint density at radius 3 is 2.76 bits per heavy atom. The smallest absolute Gasteiger partial charge is 0.183 e. The Morgan fingerprint density at radius 2 is 2.06 bits per heavy atom. The van der Waals surface area contributed by atoms with Crippen LogP contribution in [0.1, 0.15) is 11.3 Å². The SMILES string of the molecule is Cc1cccc(Cl)c1Nc1nccnc1C#N. The molecule has 0 aliphatic carbocycles. The van der Waals surface area contributed by atoms with Crippen molar-refractivity contribution in [1.82, 2.24) is 9.97 Å². The highest BCUT2D eigenvalue weighted by Crippen LogP contribution is 2.28. The van der Waals surface area contributed by atoms with E-state index < -0.39 is 0 Å². The van der Waals surface area contributed by atoms with E-state index in [1.807, 2.05) is 25.1 Å². The van der Waals surface area contributed by atoms with Gasteiger partial charge in [-0.25, -0.2) is 9.97 Å². The van der Waals surface area contributed by atoms with Crippen molar-refractivity contribution in [2.75, 3.05) is 5.32 Å². The molecule has 0 unspecified atom stereocenters. The van der Waals surface area contributed by atoms with Gasteiger partial charge in [0.25, 0.3) is 0 Å². The van der Waals surface area contributed by atoms with Crippen LogP contribution < -0.4 is 5.32 Å². The van der Waals surface area contributed by atoms with Crippen LogP contribution in [-0.4, -0.2) is 9.97 Å². The average Bonchev–Trinajstić information content (AvgIpc) is 2.34. The quantitative estimate of drug-likeness (QED) is 0.882. The molecule has 1 N–H and O–H groups in total. The van der Waals surface area contributed by atoms with Gasteiger partial charge in [0.05, 0.1) is 10.7 Å². The average molecular weight is 245 g/mol. The number of halogens is 1. The number of rotatable bonds is 2. The fourth-order valence-electron chi connectivity index (χ4n) is 1.42. The third kappa shape index (κ3) is 2.35. The molecule has 1 heterocycles. The van der Waals surface area contributed by atoms with E-state index in [2.05, 4.69) is 15.3 Å². The maximum Gasteiger partial charge on any atom is 0.183 e. The molecule has 5 heteroatoms. The minimum Gasteiger partial charge on any atom is -0.336 e. The van der Waals surface area contributed by atoms with Crippen LogP contribution in [0.5, 0.6) is 0 Å². The number of aromatic nitrogens is 2. The molecule has 2 aromatic rings. The summed E-state index contributed by atoms with van der Waals surface area (Å²) in [4.78, 5) is 8.00. The van der Waals surface area contributed by atoms with Gasteiger partial charge in [-0.1, -0.05) is 23.7 Å². The largest absolute Gasteiger partial charge is 0.336 e. The Hall–Kier alpha value is -2.12. The van der Waals surface area contributed by atoms with E-state index in [0.29, 0.717) is 10.8 Å². The van der Waals surface area contributed by atoms with Crippen LogP contribution >= 0.6 is 11.6 Å². The van der Waals surface area contributed by atoms with E-state index in [-0.39, 0.29) is 5.69 Å². The lowest BCUT2D eigenvalue weighted by molar-refractivity contribution is 1.16. The Bertz CT molecular complexity index is 569. The second kappa shape index (κ2) is 4.81. The molecule has 0 saturated carbocycles. The number of para-hydroxylation sites is 1. The monoisotopic (exact) mass is 244 g/mol. The molecule has 4 nitrogen and oxygen atoms in total. The van der Waals surface area contributed by atoms with Crippen LogP contribution in [0.25, 0.3) is 0 Å². The minimum absolute atomic E-state index is 0.242. The standard InChI is InChI=1S/C12H9ClN4/c1-8-3-2-4-9(13)11(8)17-12-10(7-14)15-5-6-16-12/h2-6H,1H3,(H,16,17). The molecule has 0 atom stereocenters. The highest BCUT2D eigenvalue weighted by atomic mass is 35.5. The highest BCUT2D eigenvalue weighted by molar-refractivity contribution is 6.33. The summed E-state index contributed by atoms with van der Waals surface area (Å²) >= 11 is 6.08. The van der Waals surface area contributed by atoms with Gasteiger partial charge >= 0.3 is 0 Å². The molecule has 0 radical (unpaired) electrons. The predicted octanol–water partition coefficient (Wildman–Crippen LogP) is 3.05. The van der Waals surface area contributed by atoms with Crippen molar-refractivity contribution in [2.45, 2.75) is 6.92 Å². The van der Waals surface area contributed by atoms with Crippen LogP contribution in [0.4, 0.5) is 11.5 Å². The molecular weight excluding hydrogens is 236 g/mol. The van der Waals surface area contributed by atoms with Gasteiger partial charge in [-0.2, -0.15) is 5.26 Å². The first-order chi connectivity index (χ1) is 8.22. The van der Waals surface area contributed by atoms with Crippen molar-refractivity contribution in [3.63, 3.8) is 0 Å². The van der Waals surface area contributed by atoms with Crippen LogP contribution in [0.15, 0.2) is 30.6 Å². The molecule has 2 rings (SSSR count). The first kappa shape index (κ1) is 11.4. The number of nitrogens with one attached hydrogen (secondary N) is 1. The topological polar surface area (TPSA) is 61.6 Å². The molecule has 0 fully saturated rings. The van der Waals surface area contributed by atoms with E-state index in [0.717, 1.165) is 11.3 Å². The summed E-state index contributed by atoms with van der Waals surface area (Å²) in [6.07, 6.45) is 3.00. The van der Waals surface area contributed by atoms with Crippen molar-refractivity contribution < 1.29 is 0 Å². The first-order valence-corrected chi connectivity index (χ1v) is 5.33. The summed E-state index contributed by atoms with van der Waals surface area (Å²) in [7, 11) is 0.